The topological polar surface area (TPSA) is 40.5 Å². The first-order chi connectivity index (χ1) is 10.4. The van der Waals surface area contributed by atoms with Gasteiger partial charge >= 0.3 is 0 Å². The fraction of sp³-hybridized carbons (Fsp3) is 0.895. The molecule has 0 bridgehead atoms. The molecule has 0 amide bonds. The SMILES string of the molecule is C[C@]12CC[C@H]3[C@@H](C[C@H](O)C4=CCCC[C@@]43C)[C@@H]1C[C@@H](F)[C@@H]2O. The van der Waals surface area contributed by atoms with E-state index in [1.165, 1.54) is 12.0 Å². The highest BCUT2D eigenvalue weighted by Gasteiger charge is 2.62. The predicted octanol–water partition coefficient (Wildman–Crippen LogP) is 3.62. The van der Waals surface area contributed by atoms with Crippen LogP contribution in [0.2, 0.25) is 0 Å². The zero-order valence-electron chi connectivity index (χ0n) is 13.8. The first-order valence-corrected chi connectivity index (χ1v) is 9.08. The molecule has 0 unspecified atom stereocenters. The van der Waals surface area contributed by atoms with E-state index in [-0.39, 0.29) is 22.9 Å². The van der Waals surface area contributed by atoms with Crippen molar-refractivity contribution >= 4 is 0 Å². The van der Waals surface area contributed by atoms with Crippen LogP contribution in [0.5, 0.6) is 0 Å². The highest BCUT2D eigenvalue weighted by molar-refractivity contribution is 5.27. The third-order valence-corrected chi connectivity index (χ3v) is 7.97. The van der Waals surface area contributed by atoms with Crippen LogP contribution in [0.4, 0.5) is 4.39 Å². The number of aliphatic hydroxyl groups is 2. The minimum Gasteiger partial charge on any atom is -0.390 e. The van der Waals surface area contributed by atoms with Crippen LogP contribution in [0.15, 0.2) is 11.6 Å². The fourth-order valence-electron chi connectivity index (χ4n) is 6.76. The molecule has 0 aromatic heterocycles. The summed E-state index contributed by atoms with van der Waals surface area (Å²) in [6, 6.07) is 0. The van der Waals surface area contributed by atoms with E-state index < -0.39 is 12.3 Å². The Balaban J connectivity index is 1.72. The lowest BCUT2D eigenvalue weighted by molar-refractivity contribution is -0.0967. The van der Waals surface area contributed by atoms with Gasteiger partial charge < -0.3 is 10.2 Å². The summed E-state index contributed by atoms with van der Waals surface area (Å²) in [4.78, 5) is 0. The number of hydrogen-bond donors (Lipinski definition) is 2. The predicted molar refractivity (Wildman–Crippen MR) is 84.0 cm³/mol. The number of alkyl halides is 1. The van der Waals surface area contributed by atoms with Crippen LogP contribution in [-0.4, -0.2) is 28.6 Å². The molecule has 0 aromatic rings. The molecule has 0 saturated heterocycles. The van der Waals surface area contributed by atoms with Gasteiger partial charge in [-0.25, -0.2) is 4.39 Å². The number of rotatable bonds is 0. The van der Waals surface area contributed by atoms with Crippen LogP contribution in [-0.2, 0) is 0 Å². The van der Waals surface area contributed by atoms with Crippen molar-refractivity contribution in [2.45, 2.75) is 77.2 Å². The molecule has 124 valence electrons. The lowest BCUT2D eigenvalue weighted by Crippen LogP contribution is -2.54. The largest absolute Gasteiger partial charge is 0.390 e. The average Bonchev–Trinajstić information content (AvgIpc) is 2.71. The van der Waals surface area contributed by atoms with E-state index in [1.54, 1.807) is 0 Å². The minimum absolute atomic E-state index is 0.0985. The van der Waals surface area contributed by atoms with E-state index in [1.807, 2.05) is 0 Å². The second-order valence-electron chi connectivity index (χ2n) is 8.84. The van der Waals surface area contributed by atoms with Crippen LogP contribution < -0.4 is 0 Å². The average molecular weight is 308 g/mol. The summed E-state index contributed by atoms with van der Waals surface area (Å²) in [6.45, 7) is 4.41. The van der Waals surface area contributed by atoms with Gasteiger partial charge in [-0.3, -0.25) is 0 Å². The lowest BCUT2D eigenvalue weighted by Gasteiger charge is -2.58. The first-order valence-electron chi connectivity index (χ1n) is 9.08. The minimum atomic E-state index is -1.08. The maximum absolute atomic E-state index is 14.2. The maximum Gasteiger partial charge on any atom is 0.127 e. The number of aliphatic hydroxyl groups excluding tert-OH is 2. The van der Waals surface area contributed by atoms with Gasteiger partial charge in [-0.15, -0.1) is 0 Å². The smallest absolute Gasteiger partial charge is 0.127 e. The summed E-state index contributed by atoms with van der Waals surface area (Å²) < 4.78 is 14.2. The van der Waals surface area contributed by atoms with Crippen molar-refractivity contribution in [2.75, 3.05) is 0 Å². The highest BCUT2D eigenvalue weighted by atomic mass is 19.1. The molecule has 4 aliphatic carbocycles. The third-order valence-electron chi connectivity index (χ3n) is 7.97. The normalized spacial score (nSPS) is 57.6. The Morgan fingerprint density at radius 3 is 2.68 bits per heavy atom. The zero-order valence-corrected chi connectivity index (χ0v) is 13.8. The molecule has 22 heavy (non-hydrogen) atoms. The summed E-state index contributed by atoms with van der Waals surface area (Å²) in [7, 11) is 0. The molecule has 0 spiro atoms. The summed E-state index contributed by atoms with van der Waals surface area (Å²) in [5.41, 5.74) is 1.08. The van der Waals surface area contributed by atoms with Crippen molar-refractivity contribution in [3.8, 4) is 0 Å². The molecule has 0 aromatic carbocycles. The Labute approximate surface area is 132 Å². The molecule has 0 aliphatic heterocycles. The Bertz CT molecular complexity index is 504. The number of allylic oxidation sites excluding steroid dienone is 1. The second-order valence-corrected chi connectivity index (χ2v) is 8.84. The first kappa shape index (κ1) is 15.1. The van der Waals surface area contributed by atoms with Crippen molar-refractivity contribution in [3.63, 3.8) is 0 Å². The molecule has 0 radical (unpaired) electrons. The van der Waals surface area contributed by atoms with Gasteiger partial charge in [0.15, 0.2) is 0 Å². The summed E-state index contributed by atoms with van der Waals surface area (Å²) in [5.74, 6) is 1.15. The van der Waals surface area contributed by atoms with E-state index in [0.29, 0.717) is 18.3 Å². The van der Waals surface area contributed by atoms with Crippen molar-refractivity contribution in [1.29, 1.82) is 0 Å². The van der Waals surface area contributed by atoms with Gasteiger partial charge in [0.05, 0.1) is 12.2 Å². The molecule has 0 heterocycles. The van der Waals surface area contributed by atoms with Crippen molar-refractivity contribution in [3.05, 3.63) is 11.6 Å². The molecule has 4 rings (SSSR count). The maximum atomic E-state index is 14.2. The molecule has 3 fully saturated rings. The second kappa shape index (κ2) is 4.80. The highest BCUT2D eigenvalue weighted by Crippen LogP contribution is 2.65. The van der Waals surface area contributed by atoms with Crippen LogP contribution in [0.1, 0.15) is 58.8 Å². The summed E-state index contributed by atoms with van der Waals surface area (Å²) in [6.07, 6.45) is 6.73. The Morgan fingerprint density at radius 1 is 1.14 bits per heavy atom. The molecule has 2 N–H and O–H groups in total. The Kier molecular flexibility index (Phi) is 3.30. The molecule has 3 heteroatoms. The van der Waals surface area contributed by atoms with E-state index >= 15 is 0 Å². The van der Waals surface area contributed by atoms with Gasteiger partial charge in [0.1, 0.15) is 6.17 Å². The van der Waals surface area contributed by atoms with Gasteiger partial charge in [-0.1, -0.05) is 19.9 Å². The molecular formula is C19H29FO2. The molecule has 3 saturated carbocycles. The molecule has 8 atom stereocenters. The standard InChI is InChI=1S/C19H29FO2/c1-18-7-4-3-5-13(18)16(21)9-11-12(18)6-8-19(2)14(11)10-15(20)17(19)22/h5,11-12,14-17,21-22H,3-4,6-10H2,1-2H3/t11-,12+,14+,15-,16+,17+,18-,19+/m1/s1. The zero-order chi connectivity index (χ0) is 15.7. The summed E-state index contributed by atoms with van der Waals surface area (Å²) >= 11 is 0. The van der Waals surface area contributed by atoms with E-state index in [9.17, 15) is 14.6 Å². The fourth-order valence-corrected chi connectivity index (χ4v) is 6.76. The van der Waals surface area contributed by atoms with Crippen molar-refractivity contribution in [1.82, 2.24) is 0 Å². The number of fused-ring (bicyclic) bond motifs is 5. The van der Waals surface area contributed by atoms with Crippen LogP contribution in [0, 0.1) is 28.6 Å². The van der Waals surface area contributed by atoms with Gasteiger partial charge in [0, 0.05) is 0 Å². The van der Waals surface area contributed by atoms with Gasteiger partial charge in [0.25, 0.3) is 0 Å². The monoisotopic (exact) mass is 308 g/mol. The Hall–Kier alpha value is -0.410. The third kappa shape index (κ3) is 1.78. The van der Waals surface area contributed by atoms with E-state index in [2.05, 4.69) is 19.9 Å². The van der Waals surface area contributed by atoms with Gasteiger partial charge in [-0.2, -0.15) is 0 Å². The number of halogens is 1. The van der Waals surface area contributed by atoms with Gasteiger partial charge in [0.2, 0.25) is 0 Å². The summed E-state index contributed by atoms with van der Waals surface area (Å²) in [5, 5.41) is 21.1. The van der Waals surface area contributed by atoms with Gasteiger partial charge in [-0.05, 0) is 79.1 Å². The quantitative estimate of drug-likeness (QED) is 0.671. The van der Waals surface area contributed by atoms with Crippen molar-refractivity contribution in [2.24, 2.45) is 28.6 Å². The van der Waals surface area contributed by atoms with Crippen LogP contribution in [0.3, 0.4) is 0 Å². The van der Waals surface area contributed by atoms with E-state index in [0.717, 1.165) is 32.1 Å². The van der Waals surface area contributed by atoms with E-state index in [4.69, 9.17) is 0 Å². The lowest BCUT2D eigenvalue weighted by atomic mass is 9.47. The number of hydrogen-bond acceptors (Lipinski definition) is 2. The van der Waals surface area contributed by atoms with Crippen LogP contribution in [0.25, 0.3) is 0 Å². The molecule has 4 aliphatic rings. The molecule has 2 nitrogen and oxygen atoms in total. The van der Waals surface area contributed by atoms with Crippen LogP contribution >= 0.6 is 0 Å². The van der Waals surface area contributed by atoms with Crippen molar-refractivity contribution < 1.29 is 14.6 Å². The molecular weight excluding hydrogens is 279 g/mol. The Morgan fingerprint density at radius 2 is 1.91 bits per heavy atom.